The van der Waals surface area contributed by atoms with Crippen molar-refractivity contribution in [3.63, 3.8) is 0 Å². The number of ether oxygens (including phenoxy) is 1. The zero-order valence-electron chi connectivity index (χ0n) is 13.3. The predicted octanol–water partition coefficient (Wildman–Crippen LogP) is 2.56. The van der Waals surface area contributed by atoms with Gasteiger partial charge in [-0.15, -0.1) is 0 Å². The van der Waals surface area contributed by atoms with Gasteiger partial charge in [0.05, 0.1) is 0 Å². The second-order valence-electron chi connectivity index (χ2n) is 5.29. The van der Waals surface area contributed by atoms with E-state index in [1.165, 1.54) is 6.92 Å². The molecule has 0 radical (unpaired) electrons. The molecule has 1 aromatic heterocycles. The van der Waals surface area contributed by atoms with Crippen molar-refractivity contribution in [2.75, 3.05) is 7.05 Å². The number of hydrogen-bond donors (Lipinski definition) is 1. The molecular weight excluding hydrogens is 282 g/mol. The fourth-order valence-corrected chi connectivity index (χ4v) is 1.93. The lowest BCUT2D eigenvalue weighted by Gasteiger charge is -2.11. The number of carbonyl (C=O) groups excluding carboxylic acids is 1. The first-order valence-electron chi connectivity index (χ1n) is 7.27. The molecule has 0 amide bonds. The number of likely N-dealkylation sites (N-methyl/N-ethyl adjacent to an activating group) is 1. The molecule has 22 heavy (non-hydrogen) atoms. The number of benzene rings is 1. The van der Waals surface area contributed by atoms with Crippen LogP contribution < -0.4 is 10.1 Å². The van der Waals surface area contributed by atoms with E-state index in [1.807, 2.05) is 20.9 Å². The summed E-state index contributed by atoms with van der Waals surface area (Å²) in [6.45, 7) is 5.40. The Kier molecular flexibility index (Phi) is 5.27. The molecule has 1 heterocycles. The smallest absolute Gasteiger partial charge is 0.267 e. The predicted molar refractivity (Wildman–Crippen MR) is 82.0 cm³/mol. The highest BCUT2D eigenvalue weighted by Crippen LogP contribution is 2.22. The van der Waals surface area contributed by atoms with Crippen LogP contribution in [-0.4, -0.2) is 29.0 Å². The zero-order valence-corrected chi connectivity index (χ0v) is 13.3. The van der Waals surface area contributed by atoms with Crippen LogP contribution in [0.15, 0.2) is 28.8 Å². The lowest BCUT2D eigenvalue weighted by Crippen LogP contribution is -2.24. The number of hydrogen-bond acceptors (Lipinski definition) is 6. The van der Waals surface area contributed by atoms with Crippen LogP contribution in [0.4, 0.5) is 0 Å². The topological polar surface area (TPSA) is 77.3 Å². The second-order valence-corrected chi connectivity index (χ2v) is 5.29. The molecule has 2 atom stereocenters. The zero-order chi connectivity index (χ0) is 16.1. The highest BCUT2D eigenvalue weighted by Gasteiger charge is 2.17. The average molecular weight is 303 g/mol. The maximum atomic E-state index is 11.4. The van der Waals surface area contributed by atoms with Gasteiger partial charge in [-0.05, 0) is 40.0 Å². The summed E-state index contributed by atoms with van der Waals surface area (Å²) < 4.78 is 11.0. The molecule has 0 saturated heterocycles. The second kappa shape index (κ2) is 7.17. The van der Waals surface area contributed by atoms with Crippen LogP contribution in [0, 0.1) is 0 Å². The molecule has 1 N–H and O–H groups in total. The Bertz CT molecular complexity index is 639. The van der Waals surface area contributed by atoms with Crippen molar-refractivity contribution >= 4 is 5.78 Å². The third-order valence-corrected chi connectivity index (χ3v) is 3.37. The largest absolute Gasteiger partial charge is 0.481 e. The van der Waals surface area contributed by atoms with Crippen molar-refractivity contribution in [1.29, 1.82) is 0 Å². The Morgan fingerprint density at radius 1 is 1.41 bits per heavy atom. The minimum Gasteiger partial charge on any atom is -0.481 e. The lowest BCUT2D eigenvalue weighted by atomic mass is 10.1. The summed E-state index contributed by atoms with van der Waals surface area (Å²) in [6.07, 6.45) is 0.306. The maximum Gasteiger partial charge on any atom is 0.267 e. The standard InChI is InChI=1S/C16H21N3O3/c1-10(17-4)8-15-18-16(22-19-15)12(3)21-14-7-5-6-13(9-14)11(2)20/h5-7,9-10,12,17H,8H2,1-4H3. The van der Waals surface area contributed by atoms with Gasteiger partial charge in [0.1, 0.15) is 5.75 Å². The Morgan fingerprint density at radius 2 is 2.18 bits per heavy atom. The maximum absolute atomic E-state index is 11.4. The Balaban J connectivity index is 2.04. The third kappa shape index (κ3) is 4.14. The molecule has 0 saturated carbocycles. The summed E-state index contributed by atoms with van der Waals surface area (Å²) >= 11 is 0. The Hall–Kier alpha value is -2.21. The minimum absolute atomic E-state index is 0.000710. The molecule has 6 heteroatoms. The first kappa shape index (κ1) is 16.2. The van der Waals surface area contributed by atoms with E-state index in [-0.39, 0.29) is 17.9 Å². The fraction of sp³-hybridized carbons (Fsp3) is 0.438. The van der Waals surface area contributed by atoms with E-state index in [9.17, 15) is 4.79 Å². The van der Waals surface area contributed by atoms with Gasteiger partial charge in [-0.2, -0.15) is 4.98 Å². The van der Waals surface area contributed by atoms with Crippen LogP contribution in [-0.2, 0) is 6.42 Å². The number of rotatable bonds is 7. The summed E-state index contributed by atoms with van der Waals surface area (Å²) in [6, 6.07) is 7.31. The normalized spacial score (nSPS) is 13.6. The quantitative estimate of drug-likeness (QED) is 0.792. The Morgan fingerprint density at radius 3 is 2.86 bits per heavy atom. The van der Waals surface area contributed by atoms with Crippen molar-refractivity contribution in [2.24, 2.45) is 0 Å². The van der Waals surface area contributed by atoms with Gasteiger partial charge in [-0.1, -0.05) is 17.3 Å². The molecule has 0 bridgehead atoms. The number of Topliss-reactive ketones (excluding diaryl/α,β-unsaturated/α-hetero) is 1. The highest BCUT2D eigenvalue weighted by atomic mass is 16.5. The minimum atomic E-state index is -0.381. The number of ketones is 1. The van der Waals surface area contributed by atoms with Crippen molar-refractivity contribution in [2.45, 2.75) is 39.3 Å². The van der Waals surface area contributed by atoms with Gasteiger partial charge in [0.2, 0.25) is 0 Å². The molecule has 0 aliphatic heterocycles. The summed E-state index contributed by atoms with van der Waals surface area (Å²) in [5, 5.41) is 7.08. The van der Waals surface area contributed by atoms with Crippen LogP contribution in [0.5, 0.6) is 5.75 Å². The van der Waals surface area contributed by atoms with Crippen molar-refractivity contribution in [3.8, 4) is 5.75 Å². The first-order valence-corrected chi connectivity index (χ1v) is 7.27. The summed E-state index contributed by atoms with van der Waals surface area (Å²) in [5.41, 5.74) is 0.610. The van der Waals surface area contributed by atoms with Crippen LogP contribution in [0.1, 0.15) is 48.9 Å². The molecule has 6 nitrogen and oxygen atoms in total. The van der Waals surface area contributed by atoms with Crippen molar-refractivity contribution in [3.05, 3.63) is 41.5 Å². The van der Waals surface area contributed by atoms with Crippen LogP contribution in [0.25, 0.3) is 0 Å². The van der Waals surface area contributed by atoms with E-state index >= 15 is 0 Å². The SMILES string of the molecule is CNC(C)Cc1noc(C(C)Oc2cccc(C(C)=O)c2)n1. The van der Waals surface area contributed by atoms with E-state index in [1.54, 1.807) is 24.3 Å². The Labute approximate surface area is 129 Å². The van der Waals surface area contributed by atoms with Crippen molar-refractivity contribution in [1.82, 2.24) is 15.5 Å². The van der Waals surface area contributed by atoms with E-state index in [4.69, 9.17) is 9.26 Å². The lowest BCUT2D eigenvalue weighted by molar-refractivity contribution is 0.101. The fourth-order valence-electron chi connectivity index (χ4n) is 1.93. The van der Waals surface area contributed by atoms with E-state index < -0.39 is 0 Å². The van der Waals surface area contributed by atoms with Gasteiger partial charge >= 0.3 is 0 Å². The number of nitrogens with one attached hydrogen (secondary N) is 1. The summed E-state index contributed by atoms with van der Waals surface area (Å²) in [4.78, 5) is 15.7. The van der Waals surface area contributed by atoms with Crippen LogP contribution in [0.2, 0.25) is 0 Å². The summed E-state index contributed by atoms with van der Waals surface area (Å²) in [7, 11) is 1.89. The van der Waals surface area contributed by atoms with E-state index in [0.717, 1.165) is 0 Å². The van der Waals surface area contributed by atoms with Gasteiger partial charge in [-0.25, -0.2) is 0 Å². The monoisotopic (exact) mass is 303 g/mol. The molecular formula is C16H21N3O3. The summed E-state index contributed by atoms with van der Waals surface area (Å²) in [5.74, 6) is 1.67. The van der Waals surface area contributed by atoms with Crippen LogP contribution >= 0.6 is 0 Å². The molecule has 2 rings (SSSR count). The molecule has 0 fully saturated rings. The average Bonchev–Trinajstić information content (AvgIpc) is 2.96. The van der Waals surface area contributed by atoms with Gasteiger partial charge in [0.25, 0.3) is 5.89 Å². The van der Waals surface area contributed by atoms with Gasteiger partial charge in [-0.3, -0.25) is 4.79 Å². The molecule has 0 aliphatic rings. The third-order valence-electron chi connectivity index (χ3n) is 3.37. The number of carbonyl (C=O) groups is 1. The highest BCUT2D eigenvalue weighted by molar-refractivity contribution is 5.94. The molecule has 118 valence electrons. The first-order chi connectivity index (χ1) is 10.5. The molecule has 0 aliphatic carbocycles. The van der Waals surface area contributed by atoms with Gasteiger partial charge < -0.3 is 14.6 Å². The van der Waals surface area contributed by atoms with E-state index in [2.05, 4.69) is 15.5 Å². The van der Waals surface area contributed by atoms with Gasteiger partial charge in [0, 0.05) is 18.0 Å². The molecule has 2 unspecified atom stereocenters. The van der Waals surface area contributed by atoms with Crippen molar-refractivity contribution < 1.29 is 14.1 Å². The number of aromatic nitrogens is 2. The molecule has 0 spiro atoms. The van der Waals surface area contributed by atoms with Crippen LogP contribution in [0.3, 0.4) is 0 Å². The molecule has 1 aromatic carbocycles. The molecule has 2 aromatic rings. The van der Waals surface area contributed by atoms with E-state index in [0.29, 0.717) is 29.4 Å². The number of nitrogens with zero attached hydrogens (tertiary/aromatic N) is 2. The van der Waals surface area contributed by atoms with Gasteiger partial charge in [0.15, 0.2) is 17.7 Å².